The van der Waals surface area contributed by atoms with Gasteiger partial charge in [0.1, 0.15) is 0 Å². The number of aromatic hydroxyl groups is 1. The second kappa shape index (κ2) is 9.78. The van der Waals surface area contributed by atoms with E-state index in [0.29, 0.717) is 5.82 Å². The van der Waals surface area contributed by atoms with Gasteiger partial charge >= 0.3 is 0 Å². The molecule has 0 aliphatic heterocycles. The molecule has 0 bridgehead atoms. The number of hydrogen-bond donors (Lipinski definition) is 1. The van der Waals surface area contributed by atoms with Gasteiger partial charge in [-0.25, -0.2) is 9.97 Å². The third-order valence-corrected chi connectivity index (χ3v) is 3.84. The minimum absolute atomic E-state index is 0.0861. The van der Waals surface area contributed by atoms with E-state index in [4.69, 9.17) is 0 Å². The van der Waals surface area contributed by atoms with Crippen molar-refractivity contribution in [1.29, 1.82) is 0 Å². The number of nitrogens with zero attached hydrogens (tertiary/aromatic N) is 2. The number of rotatable bonds is 9. The van der Waals surface area contributed by atoms with Crippen LogP contribution in [0.3, 0.4) is 0 Å². The molecule has 0 amide bonds. The Morgan fingerprint density at radius 3 is 2.26 bits per heavy atom. The molecule has 1 aromatic carbocycles. The fourth-order valence-corrected chi connectivity index (χ4v) is 2.48. The maximum Gasteiger partial charge on any atom is 0.159 e. The van der Waals surface area contributed by atoms with E-state index in [1.165, 1.54) is 56.5 Å². The fraction of sp³-hybridized carbons (Fsp3) is 0.400. The van der Waals surface area contributed by atoms with Gasteiger partial charge in [-0.1, -0.05) is 75.4 Å². The summed E-state index contributed by atoms with van der Waals surface area (Å²) in [6.07, 6.45) is 16.4. The number of allylic oxidation sites excluding steroid dienone is 1. The summed E-state index contributed by atoms with van der Waals surface area (Å²) in [7, 11) is 0. The van der Waals surface area contributed by atoms with Crippen molar-refractivity contribution in [1.82, 2.24) is 9.97 Å². The van der Waals surface area contributed by atoms with Crippen LogP contribution in [0.25, 0.3) is 17.5 Å². The molecule has 0 aliphatic carbocycles. The first-order valence-electron chi connectivity index (χ1n) is 8.57. The van der Waals surface area contributed by atoms with E-state index in [9.17, 15) is 5.11 Å². The first-order chi connectivity index (χ1) is 11.3. The Morgan fingerprint density at radius 2 is 1.57 bits per heavy atom. The van der Waals surface area contributed by atoms with Crippen molar-refractivity contribution in [3.8, 4) is 17.1 Å². The molecule has 2 aromatic rings. The molecule has 0 fully saturated rings. The van der Waals surface area contributed by atoms with Crippen LogP contribution in [0.1, 0.15) is 57.4 Å². The van der Waals surface area contributed by atoms with E-state index in [2.05, 4.69) is 41.2 Å². The van der Waals surface area contributed by atoms with Crippen LogP contribution in [0, 0.1) is 0 Å². The first kappa shape index (κ1) is 17.2. The van der Waals surface area contributed by atoms with Crippen molar-refractivity contribution in [2.75, 3.05) is 0 Å². The summed E-state index contributed by atoms with van der Waals surface area (Å²) in [4.78, 5) is 8.23. The Bertz CT molecular complexity index is 588. The quantitative estimate of drug-likeness (QED) is 0.612. The Kier molecular flexibility index (Phi) is 7.31. The largest absolute Gasteiger partial charge is 0.505 e. The molecule has 1 heterocycles. The monoisotopic (exact) mass is 310 g/mol. The maximum absolute atomic E-state index is 9.21. The SMILES string of the molecule is CCCCCCCC/C=C/c1ccc(-c2ncc(O)cn2)cc1. The van der Waals surface area contributed by atoms with Crippen LogP contribution in [-0.4, -0.2) is 15.1 Å². The smallest absolute Gasteiger partial charge is 0.159 e. The molecule has 3 heteroatoms. The molecular formula is C20H26N2O. The molecule has 2 rings (SSSR count). The lowest BCUT2D eigenvalue weighted by atomic mass is 10.1. The second-order valence-electron chi connectivity index (χ2n) is 5.85. The van der Waals surface area contributed by atoms with Crippen LogP contribution < -0.4 is 0 Å². The van der Waals surface area contributed by atoms with Gasteiger partial charge in [-0.05, 0) is 18.4 Å². The molecule has 0 spiro atoms. The third kappa shape index (κ3) is 6.23. The van der Waals surface area contributed by atoms with Crippen molar-refractivity contribution in [2.45, 2.75) is 51.9 Å². The number of aromatic nitrogens is 2. The Balaban J connectivity index is 1.76. The minimum Gasteiger partial charge on any atom is -0.505 e. The van der Waals surface area contributed by atoms with E-state index in [-0.39, 0.29) is 5.75 Å². The van der Waals surface area contributed by atoms with E-state index in [1.54, 1.807) is 0 Å². The molecular weight excluding hydrogens is 284 g/mol. The molecule has 0 saturated heterocycles. The van der Waals surface area contributed by atoms with Gasteiger partial charge in [0, 0.05) is 5.56 Å². The molecule has 0 aliphatic rings. The first-order valence-corrected chi connectivity index (χ1v) is 8.57. The normalized spacial score (nSPS) is 11.2. The van der Waals surface area contributed by atoms with Gasteiger partial charge in [-0.3, -0.25) is 0 Å². The van der Waals surface area contributed by atoms with Crippen LogP contribution in [0.2, 0.25) is 0 Å². The summed E-state index contributed by atoms with van der Waals surface area (Å²) in [5, 5.41) is 9.21. The van der Waals surface area contributed by atoms with E-state index in [1.807, 2.05) is 12.1 Å². The summed E-state index contributed by atoms with van der Waals surface area (Å²) in [5.74, 6) is 0.716. The second-order valence-corrected chi connectivity index (χ2v) is 5.85. The van der Waals surface area contributed by atoms with Crippen LogP contribution in [0.5, 0.6) is 5.75 Å². The highest BCUT2D eigenvalue weighted by atomic mass is 16.3. The molecule has 1 aromatic heterocycles. The molecule has 1 N–H and O–H groups in total. The van der Waals surface area contributed by atoms with Crippen molar-refractivity contribution in [3.63, 3.8) is 0 Å². The highest BCUT2D eigenvalue weighted by Gasteiger charge is 2.00. The van der Waals surface area contributed by atoms with E-state index >= 15 is 0 Å². The highest BCUT2D eigenvalue weighted by Crippen LogP contribution is 2.17. The molecule has 3 nitrogen and oxygen atoms in total. The molecule has 0 radical (unpaired) electrons. The van der Waals surface area contributed by atoms with Crippen LogP contribution in [-0.2, 0) is 0 Å². The van der Waals surface area contributed by atoms with Gasteiger partial charge in [0.2, 0.25) is 0 Å². The summed E-state index contributed by atoms with van der Waals surface area (Å²) in [6.45, 7) is 2.25. The Morgan fingerprint density at radius 1 is 0.913 bits per heavy atom. The van der Waals surface area contributed by atoms with Crippen LogP contribution in [0.15, 0.2) is 42.7 Å². The van der Waals surface area contributed by atoms with Gasteiger partial charge < -0.3 is 5.11 Å². The van der Waals surface area contributed by atoms with Gasteiger partial charge in [-0.2, -0.15) is 0 Å². The van der Waals surface area contributed by atoms with Crippen LogP contribution in [0.4, 0.5) is 0 Å². The van der Waals surface area contributed by atoms with Crippen molar-refractivity contribution in [2.24, 2.45) is 0 Å². The van der Waals surface area contributed by atoms with Crippen molar-refractivity contribution in [3.05, 3.63) is 48.3 Å². The lowest BCUT2D eigenvalue weighted by Crippen LogP contribution is -1.87. The maximum atomic E-state index is 9.21. The van der Waals surface area contributed by atoms with Gasteiger partial charge in [-0.15, -0.1) is 0 Å². The molecule has 0 saturated carbocycles. The van der Waals surface area contributed by atoms with Crippen molar-refractivity contribution < 1.29 is 5.11 Å². The highest BCUT2D eigenvalue weighted by molar-refractivity contribution is 5.59. The molecule has 0 atom stereocenters. The lowest BCUT2D eigenvalue weighted by molar-refractivity contribution is 0.470. The predicted octanol–water partition coefficient (Wildman–Crippen LogP) is 5.61. The average molecular weight is 310 g/mol. The van der Waals surface area contributed by atoms with Gasteiger partial charge in [0.25, 0.3) is 0 Å². The fourth-order valence-electron chi connectivity index (χ4n) is 2.48. The van der Waals surface area contributed by atoms with E-state index in [0.717, 1.165) is 12.0 Å². The van der Waals surface area contributed by atoms with E-state index < -0.39 is 0 Å². The number of benzene rings is 1. The third-order valence-electron chi connectivity index (χ3n) is 3.84. The van der Waals surface area contributed by atoms with Gasteiger partial charge in [0.05, 0.1) is 12.4 Å². The topological polar surface area (TPSA) is 46.0 Å². The summed E-state index contributed by atoms with van der Waals surface area (Å²) < 4.78 is 0. The zero-order valence-electron chi connectivity index (χ0n) is 13.9. The zero-order chi connectivity index (χ0) is 16.3. The average Bonchev–Trinajstić information content (AvgIpc) is 2.59. The van der Waals surface area contributed by atoms with Crippen molar-refractivity contribution >= 4 is 6.08 Å². The summed E-state index contributed by atoms with van der Waals surface area (Å²) in [5.41, 5.74) is 2.15. The van der Waals surface area contributed by atoms with Gasteiger partial charge in [0.15, 0.2) is 11.6 Å². The Labute approximate surface area is 139 Å². The minimum atomic E-state index is 0.0861. The number of hydrogen-bond acceptors (Lipinski definition) is 3. The Hall–Kier alpha value is -2.16. The van der Waals surface area contributed by atoms with Crippen LogP contribution >= 0.6 is 0 Å². The lowest BCUT2D eigenvalue weighted by Gasteiger charge is -2.01. The predicted molar refractivity (Wildman–Crippen MR) is 96.2 cm³/mol. The summed E-state index contributed by atoms with van der Waals surface area (Å²) in [6, 6.07) is 8.17. The molecule has 122 valence electrons. The molecule has 0 unspecified atom stereocenters. The molecule has 23 heavy (non-hydrogen) atoms. The zero-order valence-corrected chi connectivity index (χ0v) is 13.9. The summed E-state index contributed by atoms with van der Waals surface area (Å²) >= 11 is 0. The standard InChI is InChI=1S/C20H26N2O/c1-2-3-4-5-6-7-8-9-10-17-11-13-18(14-12-17)20-21-15-19(23)16-22-20/h9-16,23H,2-8H2,1H3/b10-9+. The number of unbranched alkanes of at least 4 members (excludes halogenated alkanes) is 6.